The molecule has 102 valence electrons. The zero-order valence-corrected chi connectivity index (χ0v) is 11.6. The van der Waals surface area contributed by atoms with Crippen LogP contribution in [0.5, 0.6) is 0 Å². The second-order valence-electron chi connectivity index (χ2n) is 4.72. The number of aliphatic hydroxyl groups excluding tert-OH is 1. The van der Waals surface area contributed by atoms with Gasteiger partial charge < -0.3 is 5.11 Å². The van der Waals surface area contributed by atoms with Crippen LogP contribution >= 0.6 is 11.6 Å². The highest BCUT2D eigenvalue weighted by Gasteiger charge is 2.23. The third kappa shape index (κ3) is 3.91. The van der Waals surface area contributed by atoms with Gasteiger partial charge in [-0.1, -0.05) is 25.4 Å². The largest absolute Gasteiger partial charge is 0.396 e. The van der Waals surface area contributed by atoms with E-state index in [0.29, 0.717) is 0 Å². The third-order valence-electron chi connectivity index (χ3n) is 2.35. The van der Waals surface area contributed by atoms with E-state index in [4.69, 9.17) is 16.7 Å². The summed E-state index contributed by atoms with van der Waals surface area (Å²) in [5, 5.41) is 8.99. The molecule has 2 N–H and O–H groups in total. The summed E-state index contributed by atoms with van der Waals surface area (Å²) in [4.78, 5) is -0.307. The summed E-state index contributed by atoms with van der Waals surface area (Å²) in [6, 6.07) is 3.12. The summed E-state index contributed by atoms with van der Waals surface area (Å²) in [6.07, 6.45) is 0. The van der Waals surface area contributed by atoms with Crippen LogP contribution in [0, 0.1) is 11.2 Å². The minimum Gasteiger partial charge on any atom is -0.396 e. The molecule has 0 atom stereocenters. The molecule has 0 aliphatic heterocycles. The molecule has 0 saturated heterocycles. The fourth-order valence-electron chi connectivity index (χ4n) is 1.11. The fourth-order valence-corrected chi connectivity index (χ4v) is 2.86. The average molecular weight is 296 g/mol. The molecule has 7 heteroatoms. The molecule has 1 aromatic rings. The van der Waals surface area contributed by atoms with Crippen LogP contribution in [0.15, 0.2) is 23.1 Å². The van der Waals surface area contributed by atoms with Gasteiger partial charge in [-0.3, -0.25) is 0 Å². The van der Waals surface area contributed by atoms with Gasteiger partial charge in [0.2, 0.25) is 10.0 Å². The highest BCUT2D eigenvalue weighted by Crippen LogP contribution is 2.22. The summed E-state index contributed by atoms with van der Waals surface area (Å²) < 4.78 is 39.2. The van der Waals surface area contributed by atoms with Gasteiger partial charge in [-0.25, -0.2) is 17.5 Å². The van der Waals surface area contributed by atoms with Crippen LogP contribution in [0.3, 0.4) is 0 Å². The Labute approximate surface area is 111 Å². The first-order valence-corrected chi connectivity index (χ1v) is 7.10. The zero-order chi connectivity index (χ0) is 14.0. The van der Waals surface area contributed by atoms with Crippen LogP contribution in [0.4, 0.5) is 4.39 Å². The van der Waals surface area contributed by atoms with Crippen molar-refractivity contribution in [3.05, 3.63) is 29.0 Å². The Morgan fingerprint density at radius 1 is 1.44 bits per heavy atom. The Kier molecular flexibility index (Phi) is 4.72. The maximum absolute atomic E-state index is 13.0. The van der Waals surface area contributed by atoms with E-state index in [0.717, 1.165) is 12.1 Å². The van der Waals surface area contributed by atoms with Crippen molar-refractivity contribution in [3.63, 3.8) is 0 Å². The van der Waals surface area contributed by atoms with E-state index in [1.807, 2.05) is 0 Å². The number of rotatable bonds is 5. The van der Waals surface area contributed by atoms with Gasteiger partial charge in [0.15, 0.2) is 0 Å². The van der Waals surface area contributed by atoms with Gasteiger partial charge in [0, 0.05) is 18.6 Å². The lowest BCUT2D eigenvalue weighted by atomic mass is 9.96. The van der Waals surface area contributed by atoms with Gasteiger partial charge in [-0.05, 0) is 18.2 Å². The Morgan fingerprint density at radius 3 is 2.61 bits per heavy atom. The normalized spacial score (nSPS) is 12.7. The molecule has 1 aromatic carbocycles. The van der Waals surface area contributed by atoms with E-state index in [1.165, 1.54) is 6.07 Å². The minimum absolute atomic E-state index is 0.0265. The van der Waals surface area contributed by atoms with E-state index in [9.17, 15) is 12.8 Å². The Bertz CT molecular complexity index is 531. The van der Waals surface area contributed by atoms with E-state index >= 15 is 0 Å². The van der Waals surface area contributed by atoms with Crippen molar-refractivity contribution >= 4 is 21.6 Å². The van der Waals surface area contributed by atoms with Gasteiger partial charge in [0.25, 0.3) is 0 Å². The van der Waals surface area contributed by atoms with Crippen molar-refractivity contribution in [2.75, 3.05) is 13.2 Å². The number of hydrogen-bond acceptors (Lipinski definition) is 3. The number of nitrogens with one attached hydrogen (secondary N) is 1. The monoisotopic (exact) mass is 295 g/mol. The van der Waals surface area contributed by atoms with Crippen molar-refractivity contribution in [3.8, 4) is 0 Å². The number of sulfonamides is 1. The molecule has 4 nitrogen and oxygen atoms in total. The maximum Gasteiger partial charge on any atom is 0.242 e. The second kappa shape index (κ2) is 5.52. The lowest BCUT2D eigenvalue weighted by molar-refractivity contribution is 0.163. The van der Waals surface area contributed by atoms with E-state index in [-0.39, 0.29) is 23.1 Å². The zero-order valence-electron chi connectivity index (χ0n) is 10.1. The molecular weight excluding hydrogens is 281 g/mol. The summed E-state index contributed by atoms with van der Waals surface area (Å²) in [6.45, 7) is 3.25. The molecule has 18 heavy (non-hydrogen) atoms. The lowest BCUT2D eigenvalue weighted by Crippen LogP contribution is -2.36. The molecule has 0 aliphatic carbocycles. The number of aliphatic hydroxyl groups is 1. The Balaban J connectivity index is 2.97. The molecule has 0 aromatic heterocycles. The third-order valence-corrected chi connectivity index (χ3v) is 4.23. The van der Waals surface area contributed by atoms with Crippen LogP contribution in [0.2, 0.25) is 5.02 Å². The summed E-state index contributed by atoms with van der Waals surface area (Å²) in [7, 11) is -3.89. The molecule has 0 spiro atoms. The molecule has 0 heterocycles. The molecule has 1 rings (SSSR count). The van der Waals surface area contributed by atoms with Crippen molar-refractivity contribution in [2.45, 2.75) is 18.7 Å². The number of benzene rings is 1. The Hall–Kier alpha value is -0.690. The van der Waals surface area contributed by atoms with Crippen molar-refractivity contribution in [2.24, 2.45) is 5.41 Å². The average Bonchev–Trinajstić information content (AvgIpc) is 2.30. The molecule has 0 bridgehead atoms. The molecule has 0 amide bonds. The van der Waals surface area contributed by atoms with Gasteiger partial charge in [-0.2, -0.15) is 0 Å². The summed E-state index contributed by atoms with van der Waals surface area (Å²) >= 11 is 5.73. The lowest BCUT2D eigenvalue weighted by Gasteiger charge is -2.21. The molecular formula is C11H15ClFNO3S. The van der Waals surface area contributed by atoms with Crippen molar-refractivity contribution in [1.82, 2.24) is 4.72 Å². The van der Waals surface area contributed by atoms with Crippen molar-refractivity contribution in [1.29, 1.82) is 0 Å². The molecule has 0 radical (unpaired) electrons. The van der Waals surface area contributed by atoms with Crippen LogP contribution in [0.1, 0.15) is 13.8 Å². The molecule has 0 aliphatic rings. The smallest absolute Gasteiger partial charge is 0.242 e. The Morgan fingerprint density at radius 2 is 2.06 bits per heavy atom. The SMILES string of the molecule is CC(C)(CO)CNS(=O)(=O)c1cc(F)ccc1Cl. The van der Waals surface area contributed by atoms with Gasteiger partial charge in [0.05, 0.1) is 5.02 Å². The first kappa shape index (κ1) is 15.4. The predicted molar refractivity (Wildman–Crippen MR) is 67.5 cm³/mol. The van der Waals surface area contributed by atoms with Crippen LogP contribution in [0.25, 0.3) is 0 Å². The van der Waals surface area contributed by atoms with Gasteiger partial charge in [0.1, 0.15) is 10.7 Å². The highest BCUT2D eigenvalue weighted by atomic mass is 35.5. The van der Waals surface area contributed by atoms with E-state index in [2.05, 4.69) is 4.72 Å². The predicted octanol–water partition coefficient (Wildman–Crippen LogP) is 1.78. The standard InChI is InChI=1S/C11H15ClFNO3S/c1-11(2,7-15)6-14-18(16,17)10-5-8(13)3-4-9(10)12/h3-5,14-15H,6-7H2,1-2H3. The summed E-state index contributed by atoms with van der Waals surface area (Å²) in [5.41, 5.74) is -0.604. The number of hydrogen-bond donors (Lipinski definition) is 2. The second-order valence-corrected chi connectivity index (χ2v) is 6.86. The fraction of sp³-hybridized carbons (Fsp3) is 0.455. The molecule has 0 fully saturated rings. The van der Waals surface area contributed by atoms with E-state index in [1.54, 1.807) is 13.8 Å². The highest BCUT2D eigenvalue weighted by molar-refractivity contribution is 7.89. The molecule has 0 unspecified atom stereocenters. The molecule has 0 saturated carbocycles. The first-order chi connectivity index (χ1) is 8.18. The van der Waals surface area contributed by atoms with Crippen LogP contribution in [-0.4, -0.2) is 26.7 Å². The van der Waals surface area contributed by atoms with Gasteiger partial charge >= 0.3 is 0 Å². The number of halogens is 2. The topological polar surface area (TPSA) is 66.4 Å². The van der Waals surface area contributed by atoms with Gasteiger partial charge in [-0.15, -0.1) is 0 Å². The van der Waals surface area contributed by atoms with Crippen LogP contribution in [-0.2, 0) is 10.0 Å². The first-order valence-electron chi connectivity index (χ1n) is 5.23. The van der Waals surface area contributed by atoms with Crippen molar-refractivity contribution < 1.29 is 17.9 Å². The quantitative estimate of drug-likeness (QED) is 0.870. The van der Waals surface area contributed by atoms with Crippen LogP contribution < -0.4 is 4.72 Å². The van der Waals surface area contributed by atoms with E-state index < -0.39 is 21.3 Å². The maximum atomic E-state index is 13.0. The summed E-state index contributed by atoms with van der Waals surface area (Å²) in [5.74, 6) is -0.679. The minimum atomic E-state index is -3.89.